The lowest BCUT2D eigenvalue weighted by Gasteiger charge is -2.07. The van der Waals surface area contributed by atoms with Crippen LogP contribution in [0.1, 0.15) is 16.1 Å². The van der Waals surface area contributed by atoms with Crippen LogP contribution in [0.3, 0.4) is 0 Å². The molecule has 0 unspecified atom stereocenters. The maximum Gasteiger partial charge on any atom is 0.294 e. The van der Waals surface area contributed by atoms with Gasteiger partial charge in [0.1, 0.15) is 17.2 Å². The second kappa shape index (κ2) is 9.65. The topological polar surface area (TPSA) is 199 Å². The summed E-state index contributed by atoms with van der Waals surface area (Å²) >= 11 is 0. The Bertz CT molecular complexity index is 1410. The minimum atomic E-state index is -0.719. The highest BCUT2D eigenvalue weighted by atomic mass is 16.6. The zero-order valence-corrected chi connectivity index (χ0v) is 18.3. The van der Waals surface area contributed by atoms with E-state index in [0.717, 1.165) is 4.68 Å². The molecule has 0 aliphatic heterocycles. The van der Waals surface area contributed by atoms with Crippen molar-refractivity contribution in [3.63, 3.8) is 0 Å². The van der Waals surface area contributed by atoms with E-state index in [0.29, 0.717) is 22.6 Å². The van der Waals surface area contributed by atoms with Gasteiger partial charge in [-0.05, 0) is 34.6 Å². The fourth-order valence-electron chi connectivity index (χ4n) is 3.06. The van der Waals surface area contributed by atoms with Gasteiger partial charge in [0.2, 0.25) is 11.6 Å². The molecule has 35 heavy (non-hydrogen) atoms. The van der Waals surface area contributed by atoms with Gasteiger partial charge in [-0.2, -0.15) is 9.78 Å². The number of rotatable bonds is 8. The van der Waals surface area contributed by atoms with Crippen molar-refractivity contribution < 1.29 is 23.8 Å². The van der Waals surface area contributed by atoms with Crippen LogP contribution in [0.5, 0.6) is 11.5 Å². The number of non-ortho nitro benzene ring substituents is 1. The second-order valence-electron chi connectivity index (χ2n) is 6.78. The minimum absolute atomic E-state index is 0.0172. The number of benzene rings is 2. The molecule has 0 atom stereocenters. The van der Waals surface area contributed by atoms with Crippen molar-refractivity contribution in [1.29, 1.82) is 0 Å². The molecule has 2 heterocycles. The van der Waals surface area contributed by atoms with Crippen LogP contribution in [0, 0.1) is 10.1 Å². The van der Waals surface area contributed by atoms with Gasteiger partial charge in [0.25, 0.3) is 11.6 Å². The van der Waals surface area contributed by atoms with Gasteiger partial charge in [-0.1, -0.05) is 5.21 Å². The summed E-state index contributed by atoms with van der Waals surface area (Å²) in [5.41, 5.74) is 8.93. The smallest absolute Gasteiger partial charge is 0.294 e. The predicted octanol–water partition coefficient (Wildman–Crippen LogP) is 1.59. The molecule has 4 rings (SSSR count). The number of hydrogen-bond acceptors (Lipinski definition) is 12. The summed E-state index contributed by atoms with van der Waals surface area (Å²) in [6.07, 6.45) is 1.38. The van der Waals surface area contributed by atoms with Gasteiger partial charge in [0.15, 0.2) is 5.69 Å². The fraction of sp³-hybridized carbons (Fsp3) is 0.100. The van der Waals surface area contributed by atoms with Crippen molar-refractivity contribution in [2.75, 3.05) is 20.0 Å². The maximum absolute atomic E-state index is 12.9. The van der Waals surface area contributed by atoms with Crippen molar-refractivity contribution in [3.05, 3.63) is 63.8 Å². The largest absolute Gasteiger partial charge is 0.497 e. The summed E-state index contributed by atoms with van der Waals surface area (Å²) in [4.78, 5) is 23.4. The van der Waals surface area contributed by atoms with Crippen molar-refractivity contribution in [2.45, 2.75) is 0 Å². The molecule has 2 aromatic carbocycles. The van der Waals surface area contributed by atoms with Gasteiger partial charge in [-0.3, -0.25) is 14.9 Å². The average molecular weight is 479 g/mol. The first kappa shape index (κ1) is 22.8. The molecule has 0 spiro atoms. The molecular formula is C20H17N9O6. The highest BCUT2D eigenvalue weighted by Crippen LogP contribution is 2.28. The van der Waals surface area contributed by atoms with Crippen molar-refractivity contribution in [3.8, 4) is 28.6 Å². The van der Waals surface area contributed by atoms with Crippen molar-refractivity contribution >= 4 is 23.6 Å². The number of amides is 1. The zero-order chi connectivity index (χ0) is 24.9. The molecule has 0 bridgehead atoms. The number of nitrogens with two attached hydrogens (primary N) is 1. The van der Waals surface area contributed by atoms with Crippen LogP contribution >= 0.6 is 0 Å². The number of nitro groups is 1. The number of ether oxygens (including phenoxy) is 2. The third-order valence-corrected chi connectivity index (χ3v) is 4.74. The fourth-order valence-corrected chi connectivity index (χ4v) is 3.06. The van der Waals surface area contributed by atoms with Crippen molar-refractivity contribution in [2.24, 2.45) is 5.10 Å². The lowest BCUT2D eigenvalue weighted by atomic mass is 10.1. The molecule has 0 saturated carbocycles. The molecule has 178 valence electrons. The van der Waals surface area contributed by atoms with Crippen LogP contribution in [0.15, 0.2) is 52.2 Å². The predicted molar refractivity (Wildman–Crippen MR) is 120 cm³/mol. The van der Waals surface area contributed by atoms with E-state index < -0.39 is 10.8 Å². The number of nitrogen functional groups attached to an aromatic ring is 1. The molecule has 0 aliphatic rings. The first-order chi connectivity index (χ1) is 16.9. The third-order valence-electron chi connectivity index (χ3n) is 4.74. The molecule has 0 radical (unpaired) electrons. The normalized spacial score (nSPS) is 10.9. The Morgan fingerprint density at radius 1 is 1.20 bits per heavy atom. The molecule has 3 N–H and O–H groups in total. The molecule has 0 saturated heterocycles. The third kappa shape index (κ3) is 4.58. The van der Waals surface area contributed by atoms with Crippen LogP contribution in [0.2, 0.25) is 0 Å². The Labute approximate surface area is 196 Å². The van der Waals surface area contributed by atoms with Gasteiger partial charge >= 0.3 is 0 Å². The number of carbonyl (C=O) groups excluding carboxylic acids is 1. The monoisotopic (exact) mass is 479 g/mol. The van der Waals surface area contributed by atoms with E-state index in [2.05, 4.69) is 35.8 Å². The lowest BCUT2D eigenvalue weighted by molar-refractivity contribution is -0.384. The second-order valence-corrected chi connectivity index (χ2v) is 6.78. The molecule has 0 aliphatic carbocycles. The molecule has 0 fully saturated rings. The van der Waals surface area contributed by atoms with Gasteiger partial charge in [-0.15, -0.1) is 5.10 Å². The highest BCUT2D eigenvalue weighted by Gasteiger charge is 2.25. The molecular weight excluding hydrogens is 462 g/mol. The van der Waals surface area contributed by atoms with E-state index in [1.54, 1.807) is 18.2 Å². The first-order valence-electron chi connectivity index (χ1n) is 9.77. The SMILES string of the molecule is COc1ccc(C=NNC(=O)c2nnn(-c3nonc3N)c2-c2ccc([N+](=O)[O-])cc2)c(OC)c1. The number of hydrogen-bond donors (Lipinski definition) is 2. The van der Waals surface area contributed by atoms with Gasteiger partial charge in [0.05, 0.1) is 25.4 Å². The van der Waals surface area contributed by atoms with Crippen LogP contribution in [0.4, 0.5) is 11.5 Å². The summed E-state index contributed by atoms with van der Waals surface area (Å²) in [6.45, 7) is 0. The molecule has 4 aromatic rings. The van der Waals surface area contributed by atoms with Crippen LogP contribution in [0.25, 0.3) is 17.1 Å². The maximum atomic E-state index is 12.9. The number of hydrazone groups is 1. The number of nitro benzene ring substituents is 1. The van der Waals surface area contributed by atoms with Crippen LogP contribution < -0.4 is 20.6 Å². The van der Waals surface area contributed by atoms with E-state index in [-0.39, 0.29) is 28.7 Å². The summed E-state index contributed by atoms with van der Waals surface area (Å²) in [7, 11) is 3.02. The van der Waals surface area contributed by atoms with E-state index in [1.807, 2.05) is 0 Å². The molecule has 15 nitrogen and oxygen atoms in total. The number of anilines is 1. The molecule has 1 amide bonds. The molecule has 15 heteroatoms. The number of nitrogens with zero attached hydrogens (tertiary/aromatic N) is 7. The van der Waals surface area contributed by atoms with Gasteiger partial charge in [-0.25, -0.2) is 10.1 Å². The minimum Gasteiger partial charge on any atom is -0.497 e. The van der Waals surface area contributed by atoms with E-state index in [9.17, 15) is 14.9 Å². The van der Waals surface area contributed by atoms with Crippen molar-refractivity contribution in [1.82, 2.24) is 30.7 Å². The number of methoxy groups -OCH3 is 2. The Hall–Kier alpha value is -5.34. The average Bonchev–Trinajstić information content (AvgIpc) is 3.50. The van der Waals surface area contributed by atoms with Gasteiger partial charge < -0.3 is 15.2 Å². The van der Waals surface area contributed by atoms with E-state index in [1.165, 1.54) is 44.7 Å². The summed E-state index contributed by atoms with van der Waals surface area (Å²) in [6, 6.07) is 10.5. The van der Waals surface area contributed by atoms with E-state index >= 15 is 0 Å². The van der Waals surface area contributed by atoms with Gasteiger partial charge in [0, 0.05) is 29.3 Å². The summed E-state index contributed by atoms with van der Waals surface area (Å²) in [5.74, 6) is 0.234. The van der Waals surface area contributed by atoms with Crippen LogP contribution in [-0.4, -0.2) is 56.6 Å². The Balaban J connectivity index is 1.67. The first-order valence-corrected chi connectivity index (χ1v) is 9.77. The summed E-state index contributed by atoms with van der Waals surface area (Å²) in [5, 5.41) is 30.0. The zero-order valence-electron chi connectivity index (χ0n) is 18.3. The van der Waals surface area contributed by atoms with Crippen LogP contribution in [-0.2, 0) is 0 Å². The quantitative estimate of drug-likeness (QED) is 0.211. The Morgan fingerprint density at radius 2 is 1.97 bits per heavy atom. The number of aromatic nitrogens is 5. The lowest BCUT2D eigenvalue weighted by Crippen LogP contribution is -2.19. The number of carbonyl (C=O) groups is 1. The molecule has 2 aromatic heterocycles. The standard InChI is InChI=1S/C20H17N9O6/c1-33-14-8-5-12(15(9-14)34-2)10-22-24-20(30)16-17(11-3-6-13(7-4-11)29(31)32)28(27-23-16)19-18(21)25-35-26-19/h3-10H,1-2H3,(H2,21,25)(H,24,30). The highest BCUT2D eigenvalue weighted by molar-refractivity contribution is 5.99. The number of nitrogens with one attached hydrogen (secondary N) is 1. The Morgan fingerprint density at radius 3 is 2.60 bits per heavy atom. The Kier molecular flexibility index (Phi) is 6.30. The van der Waals surface area contributed by atoms with E-state index in [4.69, 9.17) is 15.2 Å². The summed E-state index contributed by atoms with van der Waals surface area (Å²) < 4.78 is 16.2.